The van der Waals surface area contributed by atoms with E-state index >= 15 is 0 Å². The van der Waals surface area contributed by atoms with Crippen LogP contribution in [0, 0.1) is 11.6 Å². The van der Waals surface area contributed by atoms with Crippen LogP contribution in [0.2, 0.25) is 0 Å². The summed E-state index contributed by atoms with van der Waals surface area (Å²) in [6, 6.07) is 1.12. The molecule has 1 aromatic heterocycles. The lowest BCUT2D eigenvalue weighted by Crippen LogP contribution is -2.15. The van der Waals surface area contributed by atoms with E-state index in [4.69, 9.17) is 5.11 Å². The van der Waals surface area contributed by atoms with Gasteiger partial charge in [0.15, 0.2) is 11.6 Å². The van der Waals surface area contributed by atoms with Gasteiger partial charge in [-0.15, -0.1) is 11.3 Å². The molecule has 5 nitrogen and oxygen atoms in total. The first-order valence-corrected chi connectivity index (χ1v) is 5.85. The predicted molar refractivity (Wildman–Crippen MR) is 63.4 cm³/mol. The van der Waals surface area contributed by atoms with E-state index in [9.17, 15) is 18.4 Å². The molecule has 0 radical (unpaired) electrons. The minimum atomic E-state index is -1.48. The molecule has 0 spiro atoms. The average molecular weight is 284 g/mol. The Kier molecular flexibility index (Phi) is 3.52. The molecule has 0 aliphatic carbocycles. The summed E-state index contributed by atoms with van der Waals surface area (Å²) in [4.78, 5) is 26.3. The molecule has 19 heavy (non-hydrogen) atoms. The Labute approximate surface area is 109 Å². The summed E-state index contributed by atoms with van der Waals surface area (Å²) in [5.41, 5.74) is 0.607. The summed E-state index contributed by atoms with van der Waals surface area (Å²) in [6.45, 7) is 0. The Morgan fingerprint density at radius 2 is 1.95 bits per heavy atom. The molecule has 0 fully saturated rings. The zero-order valence-electron chi connectivity index (χ0n) is 9.18. The largest absolute Gasteiger partial charge is 0.478 e. The van der Waals surface area contributed by atoms with Gasteiger partial charge in [0.05, 0.1) is 16.8 Å². The maximum Gasteiger partial charge on any atom is 0.337 e. The van der Waals surface area contributed by atoms with Crippen LogP contribution in [-0.2, 0) is 0 Å². The number of carboxylic acids is 1. The van der Waals surface area contributed by atoms with Crippen molar-refractivity contribution in [2.45, 2.75) is 0 Å². The summed E-state index contributed by atoms with van der Waals surface area (Å²) in [5.74, 6) is -4.73. The Hall–Kier alpha value is -2.35. The summed E-state index contributed by atoms with van der Waals surface area (Å²) >= 11 is 1.17. The Bertz CT molecular complexity index is 644. The van der Waals surface area contributed by atoms with Crippen molar-refractivity contribution in [1.82, 2.24) is 4.98 Å². The van der Waals surface area contributed by atoms with Crippen molar-refractivity contribution < 1.29 is 23.5 Å². The van der Waals surface area contributed by atoms with E-state index in [1.54, 1.807) is 0 Å². The molecule has 1 amide bonds. The summed E-state index contributed by atoms with van der Waals surface area (Å²) < 4.78 is 26.1. The van der Waals surface area contributed by atoms with Crippen LogP contribution in [0.3, 0.4) is 0 Å². The van der Waals surface area contributed by atoms with Gasteiger partial charge in [0.25, 0.3) is 5.91 Å². The highest BCUT2D eigenvalue weighted by Gasteiger charge is 2.18. The average Bonchev–Trinajstić information content (AvgIpc) is 2.86. The number of aromatic carboxylic acids is 1. The maximum atomic E-state index is 13.1. The lowest BCUT2D eigenvalue weighted by molar-refractivity contribution is 0.0697. The van der Waals surface area contributed by atoms with Gasteiger partial charge in [-0.3, -0.25) is 4.79 Å². The van der Waals surface area contributed by atoms with E-state index in [1.165, 1.54) is 22.2 Å². The highest BCUT2D eigenvalue weighted by molar-refractivity contribution is 7.07. The van der Waals surface area contributed by atoms with Gasteiger partial charge in [-0.2, -0.15) is 0 Å². The number of anilines is 1. The first-order valence-electron chi connectivity index (χ1n) is 4.91. The van der Waals surface area contributed by atoms with Crippen LogP contribution in [0.25, 0.3) is 0 Å². The second-order valence-corrected chi connectivity index (χ2v) is 4.16. The molecule has 0 aliphatic heterocycles. The van der Waals surface area contributed by atoms with E-state index in [0.29, 0.717) is 12.1 Å². The molecule has 0 saturated heterocycles. The summed E-state index contributed by atoms with van der Waals surface area (Å²) in [5, 5.41) is 12.5. The van der Waals surface area contributed by atoms with Gasteiger partial charge in [-0.1, -0.05) is 0 Å². The first-order chi connectivity index (χ1) is 8.99. The van der Waals surface area contributed by atoms with E-state index in [-0.39, 0.29) is 11.4 Å². The van der Waals surface area contributed by atoms with Crippen molar-refractivity contribution in [2.75, 3.05) is 5.32 Å². The van der Waals surface area contributed by atoms with Gasteiger partial charge >= 0.3 is 5.97 Å². The van der Waals surface area contributed by atoms with Crippen LogP contribution < -0.4 is 5.32 Å². The Morgan fingerprint density at radius 3 is 2.53 bits per heavy atom. The quantitative estimate of drug-likeness (QED) is 0.906. The number of halogens is 2. The maximum absolute atomic E-state index is 13.1. The number of carboxylic acid groups (broad SMARTS) is 1. The van der Waals surface area contributed by atoms with Crippen molar-refractivity contribution in [3.63, 3.8) is 0 Å². The van der Waals surface area contributed by atoms with Crippen LogP contribution in [0.5, 0.6) is 0 Å². The fraction of sp³-hybridized carbons (Fsp3) is 0. The highest BCUT2D eigenvalue weighted by Crippen LogP contribution is 2.21. The van der Waals surface area contributed by atoms with Gasteiger partial charge in [0.2, 0.25) is 0 Å². The molecule has 0 bridgehead atoms. The SMILES string of the molecule is O=C(Nc1cc(F)c(F)cc1C(=O)O)c1cscn1. The number of hydrogen-bond donors (Lipinski definition) is 2. The first kappa shape index (κ1) is 13.1. The van der Waals surface area contributed by atoms with Gasteiger partial charge in [-0.05, 0) is 6.07 Å². The number of carbonyl (C=O) groups is 2. The number of carbonyl (C=O) groups excluding carboxylic acids is 1. The second kappa shape index (κ2) is 5.11. The van der Waals surface area contributed by atoms with E-state index < -0.39 is 29.1 Å². The standard InChI is InChI=1S/C11H6F2N2O3S/c12-6-1-5(11(17)18)8(2-7(6)13)15-10(16)9-3-19-4-14-9/h1-4H,(H,15,16)(H,17,18). The second-order valence-electron chi connectivity index (χ2n) is 3.44. The van der Waals surface area contributed by atoms with Gasteiger partial charge < -0.3 is 10.4 Å². The normalized spacial score (nSPS) is 10.2. The van der Waals surface area contributed by atoms with E-state index in [0.717, 1.165) is 0 Å². The van der Waals surface area contributed by atoms with Crippen LogP contribution in [-0.4, -0.2) is 22.0 Å². The minimum Gasteiger partial charge on any atom is -0.478 e. The third-order valence-corrected chi connectivity index (χ3v) is 2.79. The lowest BCUT2D eigenvalue weighted by atomic mass is 10.1. The topological polar surface area (TPSA) is 79.3 Å². The van der Waals surface area contributed by atoms with E-state index in [1.807, 2.05) is 0 Å². The number of benzene rings is 1. The number of aromatic nitrogens is 1. The number of nitrogens with one attached hydrogen (secondary N) is 1. The molecular formula is C11H6F2N2O3S. The van der Waals surface area contributed by atoms with E-state index in [2.05, 4.69) is 10.3 Å². The molecule has 1 heterocycles. The molecule has 0 saturated carbocycles. The Balaban J connectivity index is 2.36. The number of hydrogen-bond acceptors (Lipinski definition) is 4. The smallest absolute Gasteiger partial charge is 0.337 e. The molecule has 2 aromatic rings. The summed E-state index contributed by atoms with van der Waals surface area (Å²) in [7, 11) is 0. The molecule has 2 N–H and O–H groups in total. The van der Waals surface area contributed by atoms with Gasteiger partial charge in [0, 0.05) is 11.4 Å². The zero-order valence-corrected chi connectivity index (χ0v) is 10.0. The van der Waals surface area contributed by atoms with Crippen molar-refractivity contribution >= 4 is 28.9 Å². The summed E-state index contributed by atoms with van der Waals surface area (Å²) in [6.07, 6.45) is 0. The minimum absolute atomic E-state index is 0.0612. The molecular weight excluding hydrogens is 278 g/mol. The van der Waals surface area contributed by atoms with Crippen LogP contribution in [0.15, 0.2) is 23.0 Å². The molecule has 98 valence electrons. The molecule has 1 aromatic carbocycles. The van der Waals surface area contributed by atoms with Gasteiger partial charge in [-0.25, -0.2) is 18.6 Å². The molecule has 0 unspecified atom stereocenters. The third kappa shape index (κ3) is 2.74. The third-order valence-electron chi connectivity index (χ3n) is 2.20. The van der Waals surface area contributed by atoms with Crippen molar-refractivity contribution in [1.29, 1.82) is 0 Å². The van der Waals surface area contributed by atoms with Crippen LogP contribution >= 0.6 is 11.3 Å². The molecule has 2 rings (SSSR count). The number of amides is 1. The lowest BCUT2D eigenvalue weighted by Gasteiger charge is -2.08. The fourth-order valence-electron chi connectivity index (χ4n) is 1.34. The van der Waals surface area contributed by atoms with Crippen molar-refractivity contribution in [3.8, 4) is 0 Å². The number of thiazole rings is 1. The number of nitrogens with zero attached hydrogens (tertiary/aromatic N) is 1. The monoisotopic (exact) mass is 284 g/mol. The molecule has 8 heteroatoms. The number of rotatable bonds is 3. The molecule has 0 atom stereocenters. The molecule has 0 aliphatic rings. The fourth-order valence-corrected chi connectivity index (χ4v) is 1.87. The van der Waals surface area contributed by atoms with Gasteiger partial charge in [0.1, 0.15) is 5.69 Å². The predicted octanol–water partition coefficient (Wildman–Crippen LogP) is 2.37. The van der Waals surface area contributed by atoms with Crippen molar-refractivity contribution in [2.24, 2.45) is 0 Å². The van der Waals surface area contributed by atoms with Crippen LogP contribution in [0.4, 0.5) is 14.5 Å². The Morgan fingerprint density at radius 1 is 1.26 bits per heavy atom. The van der Waals surface area contributed by atoms with Crippen molar-refractivity contribution in [3.05, 3.63) is 45.9 Å². The zero-order chi connectivity index (χ0) is 14.0. The highest BCUT2D eigenvalue weighted by atomic mass is 32.1. The van der Waals surface area contributed by atoms with Crippen LogP contribution in [0.1, 0.15) is 20.8 Å².